The van der Waals surface area contributed by atoms with Crippen molar-refractivity contribution in [3.8, 4) is 17.2 Å². The van der Waals surface area contributed by atoms with Gasteiger partial charge >= 0.3 is 0 Å². The smallest absolute Gasteiger partial charge is 0.221 e. The van der Waals surface area contributed by atoms with Gasteiger partial charge in [0.25, 0.3) is 0 Å². The van der Waals surface area contributed by atoms with Crippen molar-refractivity contribution in [3.05, 3.63) is 17.7 Å². The van der Waals surface area contributed by atoms with E-state index in [4.69, 9.17) is 14.2 Å². The van der Waals surface area contributed by atoms with Crippen LogP contribution in [0.1, 0.15) is 64.1 Å². The number of ether oxygens (including phenoxy) is 3. The lowest BCUT2D eigenvalue weighted by molar-refractivity contribution is -0.124. The summed E-state index contributed by atoms with van der Waals surface area (Å²) in [5.74, 6) is 1.14. The molecule has 0 atom stereocenters. The van der Waals surface area contributed by atoms with Gasteiger partial charge in [-0.25, -0.2) is 0 Å². The predicted molar refractivity (Wildman–Crippen MR) is 104 cm³/mol. The SMILES string of the molecule is CCCCC(=O)NC(NC(=O)CCCC)c1cc(OC)c(OC)c(OC)c1. The Bertz CT molecular complexity index is 571. The topological polar surface area (TPSA) is 85.9 Å². The summed E-state index contributed by atoms with van der Waals surface area (Å²) < 4.78 is 16.1. The average Bonchev–Trinajstić information content (AvgIpc) is 2.68. The molecule has 0 spiro atoms. The number of unbranched alkanes of at least 4 members (excludes halogenated alkanes) is 2. The van der Waals surface area contributed by atoms with Crippen LogP contribution in [0, 0.1) is 0 Å². The summed E-state index contributed by atoms with van der Waals surface area (Å²) in [6.07, 6.45) is 3.56. The van der Waals surface area contributed by atoms with Gasteiger partial charge in [-0.05, 0) is 25.0 Å². The molecule has 0 aliphatic rings. The van der Waals surface area contributed by atoms with Crippen LogP contribution in [0.2, 0.25) is 0 Å². The van der Waals surface area contributed by atoms with E-state index in [1.807, 2.05) is 13.8 Å². The van der Waals surface area contributed by atoms with Gasteiger partial charge in [-0.1, -0.05) is 26.7 Å². The maximum Gasteiger partial charge on any atom is 0.221 e. The van der Waals surface area contributed by atoms with E-state index in [-0.39, 0.29) is 11.8 Å². The number of amides is 2. The molecule has 0 saturated heterocycles. The zero-order valence-corrected chi connectivity index (χ0v) is 17.0. The Morgan fingerprint density at radius 3 is 1.63 bits per heavy atom. The Hall–Kier alpha value is -2.44. The number of hydrogen-bond donors (Lipinski definition) is 2. The first kappa shape index (κ1) is 22.6. The second-order valence-electron chi connectivity index (χ2n) is 6.23. The van der Waals surface area contributed by atoms with Gasteiger partial charge in [0.15, 0.2) is 11.5 Å². The highest BCUT2D eigenvalue weighted by atomic mass is 16.5. The molecule has 0 fully saturated rings. The molecule has 2 N–H and O–H groups in total. The molecule has 152 valence electrons. The third-order valence-corrected chi connectivity index (χ3v) is 4.15. The van der Waals surface area contributed by atoms with Crippen molar-refractivity contribution in [1.82, 2.24) is 10.6 Å². The fourth-order valence-corrected chi connectivity index (χ4v) is 2.61. The Labute approximate surface area is 161 Å². The first-order valence-electron chi connectivity index (χ1n) is 9.39. The molecule has 7 heteroatoms. The predicted octanol–water partition coefficient (Wildman–Crippen LogP) is 3.32. The summed E-state index contributed by atoms with van der Waals surface area (Å²) in [6, 6.07) is 3.46. The lowest BCUT2D eigenvalue weighted by Crippen LogP contribution is -2.41. The molecular formula is C20H32N2O5. The molecule has 0 aliphatic heterocycles. The highest BCUT2D eigenvalue weighted by Gasteiger charge is 2.21. The number of carbonyl (C=O) groups is 2. The molecule has 0 bridgehead atoms. The molecule has 0 unspecified atom stereocenters. The molecule has 1 aromatic carbocycles. The highest BCUT2D eigenvalue weighted by Crippen LogP contribution is 2.39. The van der Waals surface area contributed by atoms with E-state index >= 15 is 0 Å². The number of rotatable bonds is 12. The van der Waals surface area contributed by atoms with Crippen molar-refractivity contribution < 1.29 is 23.8 Å². The normalized spacial score (nSPS) is 10.4. The number of methoxy groups -OCH3 is 3. The van der Waals surface area contributed by atoms with Gasteiger partial charge in [0.2, 0.25) is 17.6 Å². The molecule has 0 radical (unpaired) electrons. The molecular weight excluding hydrogens is 348 g/mol. The summed E-state index contributed by atoms with van der Waals surface area (Å²) in [6.45, 7) is 4.05. The Kier molecular flexibility index (Phi) is 10.1. The van der Waals surface area contributed by atoms with E-state index in [1.165, 1.54) is 21.3 Å². The van der Waals surface area contributed by atoms with Gasteiger partial charge in [-0.15, -0.1) is 0 Å². The third kappa shape index (κ3) is 7.00. The Morgan fingerprint density at radius 1 is 0.852 bits per heavy atom. The number of carbonyl (C=O) groups excluding carboxylic acids is 2. The summed E-state index contributed by atoms with van der Waals surface area (Å²) in [5.41, 5.74) is 0.652. The van der Waals surface area contributed by atoms with Gasteiger partial charge in [-0.2, -0.15) is 0 Å². The quantitative estimate of drug-likeness (QED) is 0.543. The van der Waals surface area contributed by atoms with Crippen LogP contribution in [0.25, 0.3) is 0 Å². The highest BCUT2D eigenvalue weighted by molar-refractivity contribution is 5.79. The second-order valence-corrected chi connectivity index (χ2v) is 6.23. The van der Waals surface area contributed by atoms with Crippen molar-refractivity contribution in [2.24, 2.45) is 0 Å². The summed E-state index contributed by atoms with van der Waals surface area (Å²) >= 11 is 0. The number of benzene rings is 1. The molecule has 0 aliphatic carbocycles. The van der Waals surface area contributed by atoms with Crippen LogP contribution < -0.4 is 24.8 Å². The van der Waals surface area contributed by atoms with E-state index in [9.17, 15) is 9.59 Å². The summed E-state index contributed by atoms with van der Waals surface area (Å²) in [5, 5.41) is 5.79. The molecule has 1 rings (SSSR count). The van der Waals surface area contributed by atoms with Crippen LogP contribution in [0.4, 0.5) is 0 Å². The van der Waals surface area contributed by atoms with Crippen molar-refractivity contribution >= 4 is 11.8 Å². The molecule has 1 aromatic rings. The standard InChI is InChI=1S/C20H32N2O5/c1-6-8-10-17(23)21-20(22-18(24)11-9-7-2)14-12-15(25-3)19(27-5)16(13-14)26-4/h12-13,20H,6-11H2,1-5H3,(H,21,23)(H,22,24). The third-order valence-electron chi connectivity index (χ3n) is 4.15. The Morgan fingerprint density at radius 2 is 1.30 bits per heavy atom. The van der Waals surface area contributed by atoms with Crippen LogP contribution in [0.15, 0.2) is 12.1 Å². The molecule has 0 heterocycles. The molecule has 2 amide bonds. The first-order chi connectivity index (χ1) is 13.0. The maximum absolute atomic E-state index is 12.3. The lowest BCUT2D eigenvalue weighted by atomic mass is 10.1. The zero-order chi connectivity index (χ0) is 20.2. The van der Waals surface area contributed by atoms with Gasteiger partial charge < -0.3 is 24.8 Å². The maximum atomic E-state index is 12.3. The molecule has 0 saturated carbocycles. The van der Waals surface area contributed by atoms with Crippen LogP contribution in [-0.4, -0.2) is 33.1 Å². The van der Waals surface area contributed by atoms with E-state index in [0.717, 1.165) is 25.7 Å². The number of nitrogens with one attached hydrogen (secondary N) is 2. The van der Waals surface area contributed by atoms with E-state index in [2.05, 4.69) is 10.6 Å². The van der Waals surface area contributed by atoms with Crippen LogP contribution in [-0.2, 0) is 9.59 Å². The minimum absolute atomic E-state index is 0.119. The lowest BCUT2D eigenvalue weighted by Gasteiger charge is -2.23. The van der Waals surface area contributed by atoms with Crippen LogP contribution in [0.3, 0.4) is 0 Å². The summed E-state index contributed by atoms with van der Waals surface area (Å²) in [7, 11) is 4.57. The van der Waals surface area contributed by atoms with Gasteiger partial charge in [0.05, 0.1) is 21.3 Å². The van der Waals surface area contributed by atoms with Gasteiger partial charge in [0, 0.05) is 18.4 Å². The Balaban J connectivity index is 3.15. The minimum atomic E-state index is -0.674. The fourth-order valence-electron chi connectivity index (χ4n) is 2.61. The van der Waals surface area contributed by atoms with Crippen molar-refractivity contribution in [3.63, 3.8) is 0 Å². The largest absolute Gasteiger partial charge is 0.493 e. The summed E-state index contributed by atoms with van der Waals surface area (Å²) in [4.78, 5) is 24.5. The van der Waals surface area contributed by atoms with Crippen LogP contribution >= 0.6 is 0 Å². The van der Waals surface area contributed by atoms with Gasteiger partial charge in [-0.3, -0.25) is 9.59 Å². The molecule has 7 nitrogen and oxygen atoms in total. The van der Waals surface area contributed by atoms with E-state index < -0.39 is 6.17 Å². The van der Waals surface area contributed by atoms with Gasteiger partial charge in [0.1, 0.15) is 6.17 Å². The second kappa shape index (κ2) is 12.0. The van der Waals surface area contributed by atoms with Crippen LogP contribution in [0.5, 0.6) is 17.2 Å². The first-order valence-corrected chi connectivity index (χ1v) is 9.39. The molecule has 0 aromatic heterocycles. The van der Waals surface area contributed by atoms with Crippen molar-refractivity contribution in [1.29, 1.82) is 0 Å². The van der Waals surface area contributed by atoms with Crippen molar-refractivity contribution in [2.75, 3.05) is 21.3 Å². The minimum Gasteiger partial charge on any atom is -0.493 e. The fraction of sp³-hybridized carbons (Fsp3) is 0.600. The monoisotopic (exact) mass is 380 g/mol. The molecule has 27 heavy (non-hydrogen) atoms. The average molecular weight is 380 g/mol. The zero-order valence-electron chi connectivity index (χ0n) is 17.0. The number of hydrogen-bond acceptors (Lipinski definition) is 5. The van der Waals surface area contributed by atoms with E-state index in [1.54, 1.807) is 12.1 Å². The van der Waals surface area contributed by atoms with Crippen molar-refractivity contribution in [2.45, 2.75) is 58.5 Å². The van der Waals surface area contributed by atoms with E-state index in [0.29, 0.717) is 35.7 Å².